The Morgan fingerprint density at radius 3 is 2.45 bits per heavy atom. The van der Waals surface area contributed by atoms with Crippen LogP contribution in [0.25, 0.3) is 11.0 Å². The van der Waals surface area contributed by atoms with Crippen LogP contribution in [0.4, 0.5) is 17.3 Å². The fourth-order valence-electron chi connectivity index (χ4n) is 3.97. The van der Waals surface area contributed by atoms with E-state index in [9.17, 15) is 0 Å². The van der Waals surface area contributed by atoms with Crippen molar-refractivity contribution in [2.75, 3.05) is 29.0 Å². The van der Waals surface area contributed by atoms with Gasteiger partial charge in [0.2, 0.25) is 5.95 Å². The number of benzene rings is 1. The van der Waals surface area contributed by atoms with Gasteiger partial charge in [-0.1, -0.05) is 0 Å². The number of nitrogens with zero attached hydrogens (tertiary/aromatic N) is 5. The largest absolute Gasteiger partial charge is 0.488 e. The average Bonchev–Trinajstić information content (AvgIpc) is 2.69. The van der Waals surface area contributed by atoms with Crippen LogP contribution < -0.4 is 20.7 Å². The maximum atomic E-state index is 6.26. The zero-order valence-corrected chi connectivity index (χ0v) is 16.3. The van der Waals surface area contributed by atoms with Crippen molar-refractivity contribution in [3.8, 4) is 5.75 Å². The van der Waals surface area contributed by atoms with Gasteiger partial charge in [-0.2, -0.15) is 0 Å². The molecule has 0 bridgehead atoms. The second-order valence-electron chi connectivity index (χ2n) is 7.78. The molecule has 2 fully saturated rings. The molecule has 1 aliphatic heterocycles. The van der Waals surface area contributed by atoms with Gasteiger partial charge in [0.05, 0.1) is 29.7 Å². The molecule has 8 nitrogen and oxygen atoms in total. The predicted octanol–water partition coefficient (Wildman–Crippen LogP) is 3.01. The van der Waals surface area contributed by atoms with Crippen LogP contribution in [0.5, 0.6) is 5.75 Å². The van der Waals surface area contributed by atoms with Gasteiger partial charge < -0.3 is 20.7 Å². The van der Waals surface area contributed by atoms with E-state index < -0.39 is 0 Å². The Labute approximate surface area is 169 Å². The number of aromatic nitrogens is 4. The number of anilines is 3. The van der Waals surface area contributed by atoms with Crippen molar-refractivity contribution in [1.29, 1.82) is 0 Å². The molecule has 8 heteroatoms. The highest BCUT2D eigenvalue weighted by Crippen LogP contribution is 2.30. The highest BCUT2D eigenvalue weighted by Gasteiger charge is 2.24. The van der Waals surface area contributed by atoms with Crippen LogP contribution in [0.15, 0.2) is 36.9 Å². The summed E-state index contributed by atoms with van der Waals surface area (Å²) in [5, 5.41) is 3.47. The molecule has 1 aromatic carbocycles. The quantitative estimate of drug-likeness (QED) is 0.640. The van der Waals surface area contributed by atoms with Crippen LogP contribution in [-0.4, -0.2) is 45.2 Å². The summed E-state index contributed by atoms with van der Waals surface area (Å²) in [5.74, 6) is 1.42. The Hall–Kier alpha value is -3.16. The Kier molecular flexibility index (Phi) is 4.75. The number of fused-ring (bicyclic) bond motifs is 1. The fraction of sp³-hybridized carbons (Fsp3) is 0.429. The van der Waals surface area contributed by atoms with E-state index in [1.54, 1.807) is 12.4 Å². The third kappa shape index (κ3) is 3.87. The van der Waals surface area contributed by atoms with Crippen molar-refractivity contribution in [3.63, 3.8) is 0 Å². The molecule has 3 N–H and O–H groups in total. The zero-order chi connectivity index (χ0) is 19.6. The molecule has 1 aliphatic carbocycles. The molecule has 0 radical (unpaired) electrons. The highest BCUT2D eigenvalue weighted by atomic mass is 16.5. The van der Waals surface area contributed by atoms with Gasteiger partial charge >= 0.3 is 0 Å². The van der Waals surface area contributed by atoms with Gasteiger partial charge in [0, 0.05) is 43.3 Å². The Morgan fingerprint density at radius 2 is 1.72 bits per heavy atom. The van der Waals surface area contributed by atoms with Crippen LogP contribution in [0, 0.1) is 0 Å². The van der Waals surface area contributed by atoms with Gasteiger partial charge in [-0.15, -0.1) is 0 Å². The van der Waals surface area contributed by atoms with Crippen molar-refractivity contribution in [2.45, 2.75) is 44.2 Å². The van der Waals surface area contributed by atoms with E-state index in [4.69, 9.17) is 10.5 Å². The zero-order valence-electron chi connectivity index (χ0n) is 16.3. The van der Waals surface area contributed by atoms with Gasteiger partial charge in [0.15, 0.2) is 0 Å². The minimum atomic E-state index is 0.148. The summed E-state index contributed by atoms with van der Waals surface area (Å²) < 4.78 is 6.26. The second kappa shape index (κ2) is 7.69. The van der Waals surface area contributed by atoms with E-state index in [-0.39, 0.29) is 6.10 Å². The standard InChI is InChI=1S/C21H25N7O/c22-14-10-18-20(24-7-6-23-18)19(11-14)29-17-4-2-15(3-5-17)27-21-25-12-16(13-26-21)28-8-1-9-28/h6-7,10-13,15,17H,1-5,8-9,22H2,(H,25,26,27). The lowest BCUT2D eigenvalue weighted by Gasteiger charge is -2.32. The van der Waals surface area contributed by atoms with E-state index in [0.29, 0.717) is 17.7 Å². The molecule has 0 unspecified atom stereocenters. The molecule has 1 saturated carbocycles. The molecule has 3 aromatic rings. The van der Waals surface area contributed by atoms with Gasteiger partial charge in [0.1, 0.15) is 11.3 Å². The number of ether oxygens (including phenoxy) is 1. The number of nitrogens with two attached hydrogens (primary N) is 1. The van der Waals surface area contributed by atoms with E-state index >= 15 is 0 Å². The molecule has 1 saturated heterocycles. The summed E-state index contributed by atoms with van der Waals surface area (Å²) in [6, 6.07) is 4.03. The first-order valence-corrected chi connectivity index (χ1v) is 10.2. The molecule has 2 aromatic heterocycles. The lowest BCUT2D eigenvalue weighted by atomic mass is 9.93. The Bertz CT molecular complexity index is 982. The van der Waals surface area contributed by atoms with Crippen molar-refractivity contribution in [3.05, 3.63) is 36.9 Å². The Balaban J connectivity index is 1.18. The van der Waals surface area contributed by atoms with Crippen LogP contribution in [0.2, 0.25) is 0 Å². The van der Waals surface area contributed by atoms with Crippen LogP contribution >= 0.6 is 0 Å². The summed E-state index contributed by atoms with van der Waals surface area (Å²) in [5.41, 5.74) is 9.28. The molecule has 5 rings (SSSR count). The molecule has 0 spiro atoms. The first kappa shape index (κ1) is 17.9. The van der Waals surface area contributed by atoms with E-state index in [2.05, 4.69) is 30.2 Å². The highest BCUT2D eigenvalue weighted by molar-refractivity contribution is 5.84. The minimum Gasteiger partial charge on any atom is -0.488 e. The molecule has 150 valence electrons. The first-order chi connectivity index (χ1) is 14.2. The maximum Gasteiger partial charge on any atom is 0.222 e. The Morgan fingerprint density at radius 1 is 0.966 bits per heavy atom. The summed E-state index contributed by atoms with van der Waals surface area (Å²) in [7, 11) is 0. The van der Waals surface area contributed by atoms with Gasteiger partial charge in [0.25, 0.3) is 0 Å². The number of rotatable bonds is 5. The second-order valence-corrected chi connectivity index (χ2v) is 7.78. The molecule has 3 heterocycles. The summed E-state index contributed by atoms with van der Waals surface area (Å²) in [6.07, 6.45) is 12.5. The van der Waals surface area contributed by atoms with E-state index in [1.807, 2.05) is 24.5 Å². The summed E-state index contributed by atoms with van der Waals surface area (Å²) in [6.45, 7) is 2.21. The maximum absolute atomic E-state index is 6.26. The SMILES string of the molecule is Nc1cc(OC2CCC(Nc3ncc(N4CCC4)cn3)CC2)c2nccnc2c1. The molecule has 29 heavy (non-hydrogen) atoms. The van der Waals surface area contributed by atoms with Gasteiger partial charge in [-0.25, -0.2) is 15.0 Å². The number of nitrogens with one attached hydrogen (secondary N) is 1. The van der Waals surface area contributed by atoms with Crippen molar-refractivity contribution < 1.29 is 4.74 Å². The topological polar surface area (TPSA) is 102 Å². The fourth-order valence-corrected chi connectivity index (χ4v) is 3.97. The predicted molar refractivity (Wildman–Crippen MR) is 113 cm³/mol. The lowest BCUT2D eigenvalue weighted by Crippen LogP contribution is -2.37. The molecular weight excluding hydrogens is 366 g/mol. The first-order valence-electron chi connectivity index (χ1n) is 10.2. The normalized spacial score (nSPS) is 21.6. The molecule has 0 atom stereocenters. The monoisotopic (exact) mass is 391 g/mol. The lowest BCUT2D eigenvalue weighted by molar-refractivity contribution is 0.152. The van der Waals surface area contributed by atoms with Gasteiger partial charge in [-0.05, 0) is 38.2 Å². The smallest absolute Gasteiger partial charge is 0.222 e. The van der Waals surface area contributed by atoms with Crippen molar-refractivity contribution in [2.24, 2.45) is 0 Å². The average molecular weight is 391 g/mol. The molecule has 2 aliphatic rings. The molecule has 0 amide bonds. The number of hydrogen-bond donors (Lipinski definition) is 2. The third-order valence-electron chi connectivity index (χ3n) is 5.72. The van der Waals surface area contributed by atoms with Crippen LogP contribution in [0.1, 0.15) is 32.1 Å². The van der Waals surface area contributed by atoms with Crippen LogP contribution in [0.3, 0.4) is 0 Å². The third-order valence-corrected chi connectivity index (χ3v) is 5.72. The number of nitrogen functional groups attached to an aromatic ring is 1. The number of hydrogen-bond acceptors (Lipinski definition) is 8. The van der Waals surface area contributed by atoms with E-state index in [1.165, 1.54) is 6.42 Å². The molecular formula is C21H25N7O. The van der Waals surface area contributed by atoms with E-state index in [0.717, 1.165) is 61.2 Å². The van der Waals surface area contributed by atoms with Gasteiger partial charge in [-0.3, -0.25) is 4.98 Å². The van der Waals surface area contributed by atoms with Crippen molar-refractivity contribution >= 4 is 28.4 Å². The summed E-state index contributed by atoms with van der Waals surface area (Å²) in [4.78, 5) is 20.0. The minimum absolute atomic E-state index is 0.148. The summed E-state index contributed by atoms with van der Waals surface area (Å²) >= 11 is 0. The van der Waals surface area contributed by atoms with Crippen molar-refractivity contribution in [1.82, 2.24) is 19.9 Å². The van der Waals surface area contributed by atoms with Crippen LogP contribution in [-0.2, 0) is 0 Å².